The monoisotopic (exact) mass is 332 g/mol. The Labute approximate surface area is 141 Å². The summed E-state index contributed by atoms with van der Waals surface area (Å²) < 4.78 is 5.15. The average Bonchev–Trinajstić information content (AvgIpc) is 3.44. The van der Waals surface area contributed by atoms with Crippen molar-refractivity contribution in [1.29, 1.82) is 0 Å². The second-order valence-electron chi connectivity index (χ2n) is 7.80. The molecule has 2 amide bonds. The minimum atomic E-state index is -0.576. The first kappa shape index (κ1) is 15.6. The van der Waals surface area contributed by atoms with Crippen LogP contribution in [0.3, 0.4) is 0 Å². The summed E-state index contributed by atoms with van der Waals surface area (Å²) in [4.78, 5) is 30.8. The predicted octanol–water partition coefficient (Wildman–Crippen LogP) is 1.71. The van der Waals surface area contributed by atoms with Crippen molar-refractivity contribution in [2.24, 2.45) is 11.3 Å². The first-order valence-corrected chi connectivity index (χ1v) is 8.91. The van der Waals surface area contributed by atoms with E-state index in [0.717, 1.165) is 32.4 Å². The van der Waals surface area contributed by atoms with Gasteiger partial charge in [0.2, 0.25) is 11.8 Å². The molecule has 7 heteroatoms. The highest BCUT2D eigenvalue weighted by atomic mass is 16.5. The number of piperidine rings is 1. The molecule has 0 aromatic carbocycles. The molecule has 4 rings (SSSR count). The van der Waals surface area contributed by atoms with Crippen LogP contribution in [0.4, 0.5) is 0 Å². The average molecular weight is 332 g/mol. The predicted molar refractivity (Wildman–Crippen MR) is 85.2 cm³/mol. The molecule has 2 unspecified atom stereocenters. The second kappa shape index (κ2) is 5.57. The molecule has 1 aromatic heterocycles. The van der Waals surface area contributed by atoms with Crippen LogP contribution in [0, 0.1) is 11.3 Å². The molecule has 3 aliphatic rings. The van der Waals surface area contributed by atoms with Gasteiger partial charge < -0.3 is 14.7 Å². The molecule has 1 aliphatic heterocycles. The zero-order valence-electron chi connectivity index (χ0n) is 14.2. The molecule has 24 heavy (non-hydrogen) atoms. The van der Waals surface area contributed by atoms with E-state index in [1.807, 2.05) is 4.90 Å². The van der Waals surface area contributed by atoms with E-state index < -0.39 is 11.9 Å². The van der Waals surface area contributed by atoms with Crippen molar-refractivity contribution in [3.05, 3.63) is 11.7 Å². The Morgan fingerprint density at radius 1 is 1.29 bits per heavy atom. The molecule has 7 nitrogen and oxygen atoms in total. The molecule has 3 fully saturated rings. The number of aromatic nitrogens is 2. The standard InChI is InChI=1S/C17H24N4O3/c1-10-9-12(10)15-19-13(20-24-15)14(22)18-11(2)16(23)21-7-5-17(3-4-17)6-8-21/h10-12H,3-9H2,1-2H3,(H,18,22)/t10?,11-,12?/m1/s1. The fourth-order valence-electron chi connectivity index (χ4n) is 3.62. The highest BCUT2D eigenvalue weighted by Crippen LogP contribution is 2.53. The molecule has 1 N–H and O–H groups in total. The Bertz CT molecular complexity index is 657. The van der Waals surface area contributed by atoms with Gasteiger partial charge >= 0.3 is 0 Å². The maximum Gasteiger partial charge on any atom is 0.293 e. The maximum atomic E-state index is 12.5. The Morgan fingerprint density at radius 3 is 2.54 bits per heavy atom. The Balaban J connectivity index is 1.31. The van der Waals surface area contributed by atoms with Gasteiger partial charge in [-0.2, -0.15) is 4.98 Å². The molecule has 1 aromatic rings. The zero-order chi connectivity index (χ0) is 16.9. The van der Waals surface area contributed by atoms with E-state index in [0.29, 0.717) is 17.2 Å². The zero-order valence-corrected chi connectivity index (χ0v) is 14.2. The van der Waals surface area contributed by atoms with Crippen molar-refractivity contribution in [2.75, 3.05) is 13.1 Å². The van der Waals surface area contributed by atoms with Crippen molar-refractivity contribution in [1.82, 2.24) is 20.4 Å². The van der Waals surface area contributed by atoms with Gasteiger partial charge in [-0.3, -0.25) is 9.59 Å². The molecule has 130 valence electrons. The van der Waals surface area contributed by atoms with Crippen molar-refractivity contribution in [2.45, 2.75) is 57.9 Å². The molecule has 1 spiro atoms. The number of likely N-dealkylation sites (tertiary alicyclic amines) is 1. The summed E-state index contributed by atoms with van der Waals surface area (Å²) in [5, 5.41) is 6.44. The third-order valence-corrected chi connectivity index (χ3v) is 5.88. The van der Waals surface area contributed by atoms with Crippen molar-refractivity contribution in [3.63, 3.8) is 0 Å². The molecule has 2 saturated carbocycles. The topological polar surface area (TPSA) is 88.3 Å². The molecule has 3 atom stereocenters. The molecule has 1 saturated heterocycles. The third kappa shape index (κ3) is 2.91. The van der Waals surface area contributed by atoms with Gasteiger partial charge in [-0.1, -0.05) is 12.1 Å². The van der Waals surface area contributed by atoms with Crippen LogP contribution in [-0.4, -0.2) is 46.0 Å². The van der Waals surface area contributed by atoms with Gasteiger partial charge in [-0.25, -0.2) is 0 Å². The van der Waals surface area contributed by atoms with E-state index in [9.17, 15) is 9.59 Å². The lowest BCUT2D eigenvalue weighted by Crippen LogP contribution is -2.49. The minimum Gasteiger partial charge on any atom is -0.341 e. The summed E-state index contributed by atoms with van der Waals surface area (Å²) in [6.07, 6.45) is 5.82. The van der Waals surface area contributed by atoms with E-state index in [1.54, 1.807) is 6.92 Å². The Kier molecular flexibility index (Phi) is 3.62. The maximum absolute atomic E-state index is 12.5. The van der Waals surface area contributed by atoms with Crippen LogP contribution in [0.15, 0.2) is 4.52 Å². The van der Waals surface area contributed by atoms with Crippen LogP contribution in [0.1, 0.15) is 68.4 Å². The number of nitrogens with one attached hydrogen (secondary N) is 1. The van der Waals surface area contributed by atoms with Crippen LogP contribution in [-0.2, 0) is 4.79 Å². The molecular formula is C17H24N4O3. The van der Waals surface area contributed by atoms with E-state index >= 15 is 0 Å². The number of hydrogen-bond donors (Lipinski definition) is 1. The largest absolute Gasteiger partial charge is 0.341 e. The lowest BCUT2D eigenvalue weighted by molar-refractivity contribution is -0.134. The van der Waals surface area contributed by atoms with Crippen LogP contribution in [0.2, 0.25) is 0 Å². The van der Waals surface area contributed by atoms with E-state index in [2.05, 4.69) is 22.4 Å². The number of amides is 2. The molecular weight excluding hydrogens is 308 g/mol. The molecule has 2 heterocycles. The van der Waals surface area contributed by atoms with Crippen molar-refractivity contribution in [3.8, 4) is 0 Å². The normalized spacial score (nSPS) is 28.5. The van der Waals surface area contributed by atoms with Gasteiger partial charge in [-0.15, -0.1) is 0 Å². The minimum absolute atomic E-state index is 0.0133. The quantitative estimate of drug-likeness (QED) is 0.907. The highest BCUT2D eigenvalue weighted by Gasteiger charge is 2.45. The number of nitrogens with zero attached hydrogens (tertiary/aromatic N) is 3. The fraction of sp³-hybridized carbons (Fsp3) is 0.765. The van der Waals surface area contributed by atoms with Gasteiger partial charge in [-0.05, 0) is 50.4 Å². The summed E-state index contributed by atoms with van der Waals surface area (Å²) in [6, 6.07) is -0.576. The van der Waals surface area contributed by atoms with Gasteiger partial charge in [0.25, 0.3) is 11.7 Å². The first-order chi connectivity index (χ1) is 11.5. The smallest absolute Gasteiger partial charge is 0.293 e. The summed E-state index contributed by atoms with van der Waals surface area (Å²) in [7, 11) is 0. The van der Waals surface area contributed by atoms with E-state index in [-0.39, 0.29) is 17.6 Å². The fourth-order valence-corrected chi connectivity index (χ4v) is 3.62. The Morgan fingerprint density at radius 2 is 1.96 bits per heavy atom. The van der Waals surface area contributed by atoms with Crippen LogP contribution in [0.5, 0.6) is 0 Å². The van der Waals surface area contributed by atoms with Crippen LogP contribution in [0.25, 0.3) is 0 Å². The van der Waals surface area contributed by atoms with Crippen molar-refractivity contribution < 1.29 is 14.1 Å². The SMILES string of the molecule is CC1CC1c1nc(C(=O)N[C@H](C)C(=O)N2CCC3(CC2)CC3)no1. The summed E-state index contributed by atoms with van der Waals surface area (Å²) in [5.74, 6) is 0.877. The molecule has 2 aliphatic carbocycles. The van der Waals surface area contributed by atoms with Crippen LogP contribution < -0.4 is 5.32 Å². The van der Waals surface area contributed by atoms with Gasteiger partial charge in [0.05, 0.1) is 0 Å². The van der Waals surface area contributed by atoms with Gasteiger partial charge in [0.15, 0.2) is 0 Å². The number of carbonyl (C=O) groups is 2. The number of hydrogen-bond acceptors (Lipinski definition) is 5. The Hall–Kier alpha value is -1.92. The van der Waals surface area contributed by atoms with Crippen LogP contribution >= 0.6 is 0 Å². The lowest BCUT2D eigenvalue weighted by Gasteiger charge is -2.33. The molecule has 0 bridgehead atoms. The summed E-state index contributed by atoms with van der Waals surface area (Å²) in [5.41, 5.74) is 0.532. The van der Waals surface area contributed by atoms with Gasteiger partial charge in [0.1, 0.15) is 6.04 Å². The second-order valence-corrected chi connectivity index (χ2v) is 7.80. The van der Waals surface area contributed by atoms with Gasteiger partial charge in [0, 0.05) is 19.0 Å². The number of rotatable bonds is 4. The first-order valence-electron chi connectivity index (χ1n) is 8.91. The van der Waals surface area contributed by atoms with E-state index in [1.165, 1.54) is 12.8 Å². The van der Waals surface area contributed by atoms with Crippen molar-refractivity contribution >= 4 is 11.8 Å². The lowest BCUT2D eigenvalue weighted by atomic mass is 9.93. The molecule has 0 radical (unpaired) electrons. The highest BCUT2D eigenvalue weighted by molar-refractivity contribution is 5.94. The third-order valence-electron chi connectivity index (χ3n) is 5.88. The summed E-state index contributed by atoms with van der Waals surface area (Å²) in [6.45, 7) is 5.42. The summed E-state index contributed by atoms with van der Waals surface area (Å²) >= 11 is 0. The number of carbonyl (C=O) groups excluding carboxylic acids is 2. The van der Waals surface area contributed by atoms with E-state index in [4.69, 9.17) is 4.52 Å².